The second kappa shape index (κ2) is 8.05. The maximum absolute atomic E-state index is 13.7. The molecule has 1 aromatic heterocycles. The molecular weight excluding hydrogens is 434 g/mol. The number of hydrogen-bond donors (Lipinski definition) is 2. The number of allylic oxidation sites excluding steroid dienone is 1. The molecule has 3 heterocycles. The zero-order chi connectivity index (χ0) is 23.0. The molecule has 0 bridgehead atoms. The third kappa shape index (κ3) is 4.05. The van der Waals surface area contributed by atoms with E-state index in [0.717, 1.165) is 17.2 Å². The third-order valence-electron chi connectivity index (χ3n) is 5.03. The fraction of sp³-hybridized carbons (Fsp3) is 0.316. The minimum absolute atomic E-state index is 0.00333. The number of hydrogen-bond acceptors (Lipinski definition) is 6. The number of aromatic nitrogens is 3. The number of rotatable bonds is 4. The van der Waals surface area contributed by atoms with Gasteiger partial charge in [0.25, 0.3) is 11.8 Å². The molecule has 13 heteroatoms. The molecule has 0 spiro atoms. The Morgan fingerprint density at radius 2 is 2.12 bits per heavy atom. The van der Waals surface area contributed by atoms with Crippen LogP contribution in [-0.4, -0.2) is 62.6 Å². The molecule has 0 aliphatic carbocycles. The molecule has 0 radical (unpaired) electrons. The van der Waals surface area contributed by atoms with Crippen molar-refractivity contribution in [1.29, 1.82) is 0 Å². The van der Waals surface area contributed by atoms with Gasteiger partial charge in [0.05, 0.1) is 6.54 Å². The van der Waals surface area contributed by atoms with E-state index < -0.39 is 35.4 Å². The van der Waals surface area contributed by atoms with Crippen molar-refractivity contribution in [3.05, 3.63) is 59.1 Å². The normalized spacial score (nSPS) is 18.8. The highest BCUT2D eigenvalue weighted by Crippen LogP contribution is 2.37. The fourth-order valence-electron chi connectivity index (χ4n) is 3.52. The van der Waals surface area contributed by atoms with Crippen molar-refractivity contribution in [3.63, 3.8) is 0 Å². The van der Waals surface area contributed by atoms with E-state index >= 15 is 0 Å². The Morgan fingerprint density at radius 3 is 2.81 bits per heavy atom. The van der Waals surface area contributed by atoms with Crippen molar-refractivity contribution < 1.29 is 27.2 Å². The van der Waals surface area contributed by atoms with Crippen LogP contribution in [-0.2, 0) is 11.3 Å². The molecule has 0 saturated carbocycles. The first kappa shape index (κ1) is 21.5. The van der Waals surface area contributed by atoms with Crippen LogP contribution in [0.15, 0.2) is 41.0 Å². The molecule has 32 heavy (non-hydrogen) atoms. The highest BCUT2D eigenvalue weighted by atomic mass is 19.4. The lowest BCUT2D eigenvalue weighted by Gasteiger charge is -2.34. The predicted octanol–water partition coefficient (Wildman–Crippen LogP) is 1.89. The van der Waals surface area contributed by atoms with E-state index in [1.54, 1.807) is 0 Å². The molecule has 1 atom stereocenters. The Morgan fingerprint density at radius 1 is 1.34 bits per heavy atom. The second-order valence-electron chi connectivity index (χ2n) is 7.11. The van der Waals surface area contributed by atoms with E-state index in [-0.39, 0.29) is 37.0 Å². The van der Waals surface area contributed by atoms with E-state index in [4.69, 9.17) is 0 Å². The zero-order valence-corrected chi connectivity index (χ0v) is 16.6. The van der Waals surface area contributed by atoms with Crippen LogP contribution in [0.3, 0.4) is 0 Å². The van der Waals surface area contributed by atoms with Crippen LogP contribution < -0.4 is 5.32 Å². The Balaban J connectivity index is 1.64. The van der Waals surface area contributed by atoms with Gasteiger partial charge in [0.15, 0.2) is 5.84 Å². The van der Waals surface area contributed by atoms with Crippen LogP contribution in [0.1, 0.15) is 34.3 Å². The van der Waals surface area contributed by atoms with Gasteiger partial charge in [0.1, 0.15) is 23.3 Å². The number of nitrogens with one attached hydrogen (secondary N) is 2. The summed E-state index contributed by atoms with van der Waals surface area (Å²) >= 11 is 0. The van der Waals surface area contributed by atoms with E-state index in [2.05, 4.69) is 25.5 Å². The maximum atomic E-state index is 13.7. The lowest BCUT2D eigenvalue weighted by Crippen LogP contribution is -2.42. The standard InChI is InChI=1S/C19H17F4N7O2/c1-24-18(32)16-26-15(27-28-16)12-5-6-29-14(25-17(12)31)8-13(19(21,22)23)30(29)9-10-3-2-4-11(20)7-10/h2-4,7-8,12H,5-6,9H2,1H3,(H,24,32)(H,26,27,28)/t12-/m1/s1. The van der Waals surface area contributed by atoms with Crippen LogP contribution in [0.25, 0.3) is 0 Å². The van der Waals surface area contributed by atoms with Crippen molar-refractivity contribution >= 4 is 17.6 Å². The molecule has 168 valence electrons. The number of halogens is 4. The van der Waals surface area contributed by atoms with Crippen molar-refractivity contribution in [1.82, 2.24) is 30.5 Å². The highest BCUT2D eigenvalue weighted by molar-refractivity contribution is 6.04. The van der Waals surface area contributed by atoms with Gasteiger partial charge in [-0.3, -0.25) is 24.7 Å². The Bertz CT molecular complexity index is 1120. The number of aliphatic imine (C=N–C) groups is 1. The predicted molar refractivity (Wildman–Crippen MR) is 102 cm³/mol. The van der Waals surface area contributed by atoms with Crippen molar-refractivity contribution in [2.24, 2.45) is 4.99 Å². The fourth-order valence-corrected chi connectivity index (χ4v) is 3.52. The average molecular weight is 451 g/mol. The molecule has 2 aliphatic rings. The first-order valence-electron chi connectivity index (χ1n) is 9.52. The van der Waals surface area contributed by atoms with Gasteiger partial charge < -0.3 is 5.32 Å². The molecule has 0 saturated heterocycles. The van der Waals surface area contributed by atoms with Crippen molar-refractivity contribution in [2.45, 2.75) is 25.1 Å². The Hall–Kier alpha value is -3.77. The van der Waals surface area contributed by atoms with E-state index in [0.29, 0.717) is 5.56 Å². The van der Waals surface area contributed by atoms with Gasteiger partial charge in [0.2, 0.25) is 5.82 Å². The number of fused-ring (bicyclic) bond motifs is 1. The number of carbonyl (C=O) groups is 2. The molecule has 2 N–H and O–H groups in total. The number of amidine groups is 1. The summed E-state index contributed by atoms with van der Waals surface area (Å²) in [6, 6.07) is 5.25. The van der Waals surface area contributed by atoms with Gasteiger partial charge >= 0.3 is 6.18 Å². The largest absolute Gasteiger partial charge is 0.433 e. The number of alkyl halides is 3. The third-order valence-corrected chi connectivity index (χ3v) is 5.03. The minimum atomic E-state index is -4.71. The van der Waals surface area contributed by atoms with Crippen LogP contribution in [0, 0.1) is 5.82 Å². The summed E-state index contributed by atoms with van der Waals surface area (Å²) in [4.78, 5) is 32.2. The number of carbonyl (C=O) groups excluding carboxylic acids is 2. The number of H-pyrrole nitrogens is 1. The van der Waals surface area contributed by atoms with Crippen LogP contribution >= 0.6 is 0 Å². The zero-order valence-electron chi connectivity index (χ0n) is 16.6. The van der Waals surface area contributed by atoms with Crippen molar-refractivity contribution in [2.75, 3.05) is 13.6 Å². The van der Waals surface area contributed by atoms with Crippen LogP contribution in [0.4, 0.5) is 17.6 Å². The number of benzene rings is 1. The quantitative estimate of drug-likeness (QED) is 0.688. The summed E-state index contributed by atoms with van der Waals surface area (Å²) in [5, 5.41) is 10.8. The highest BCUT2D eigenvalue weighted by Gasteiger charge is 2.46. The maximum Gasteiger partial charge on any atom is 0.433 e. The lowest BCUT2D eigenvalue weighted by molar-refractivity contribution is -0.127. The van der Waals surface area contributed by atoms with Gasteiger partial charge in [-0.05, 0) is 24.1 Å². The molecule has 2 aliphatic heterocycles. The van der Waals surface area contributed by atoms with Crippen molar-refractivity contribution in [3.8, 4) is 0 Å². The molecular formula is C19H17F4N7O2. The van der Waals surface area contributed by atoms with Gasteiger partial charge in [-0.15, -0.1) is 5.10 Å². The molecule has 2 amide bonds. The summed E-state index contributed by atoms with van der Waals surface area (Å²) < 4.78 is 54.6. The summed E-state index contributed by atoms with van der Waals surface area (Å²) in [6.45, 7) is -0.277. The monoisotopic (exact) mass is 451 g/mol. The lowest BCUT2D eigenvalue weighted by atomic mass is 10.0. The molecule has 0 fully saturated rings. The van der Waals surface area contributed by atoms with E-state index in [9.17, 15) is 27.2 Å². The average Bonchev–Trinajstić information content (AvgIpc) is 3.30. The molecule has 0 unspecified atom stereocenters. The second-order valence-corrected chi connectivity index (χ2v) is 7.11. The van der Waals surface area contributed by atoms with Crippen LogP contribution in [0.2, 0.25) is 0 Å². The topological polar surface area (TPSA) is 107 Å². The van der Waals surface area contributed by atoms with Gasteiger partial charge in [0, 0.05) is 19.7 Å². The van der Waals surface area contributed by atoms with E-state index in [1.165, 1.54) is 30.3 Å². The summed E-state index contributed by atoms with van der Waals surface area (Å²) in [5.74, 6) is -3.01. The summed E-state index contributed by atoms with van der Waals surface area (Å²) in [6.07, 6.45) is -3.86. The van der Waals surface area contributed by atoms with Gasteiger partial charge in [-0.2, -0.15) is 18.2 Å². The summed E-state index contributed by atoms with van der Waals surface area (Å²) in [7, 11) is 1.40. The number of nitrogens with zero attached hydrogens (tertiary/aromatic N) is 5. The number of hydrazine groups is 1. The van der Waals surface area contributed by atoms with Gasteiger partial charge in [-0.1, -0.05) is 12.1 Å². The molecule has 2 aromatic rings. The smallest absolute Gasteiger partial charge is 0.352 e. The van der Waals surface area contributed by atoms with Crippen LogP contribution in [0.5, 0.6) is 0 Å². The Kier molecular flexibility index (Phi) is 5.40. The first-order chi connectivity index (χ1) is 15.2. The van der Waals surface area contributed by atoms with Gasteiger partial charge in [-0.25, -0.2) is 9.37 Å². The summed E-state index contributed by atoms with van der Waals surface area (Å²) in [5.41, 5.74) is -0.688. The Labute approximate surface area is 178 Å². The first-order valence-corrected chi connectivity index (χ1v) is 9.52. The molecule has 9 nitrogen and oxygen atoms in total. The van der Waals surface area contributed by atoms with E-state index in [1.807, 2.05) is 0 Å². The SMILES string of the molecule is CNC(=O)c1n[nH]c([C@H]2CCN3C(=NC2=O)C=C(C(F)(F)F)N3Cc2cccc(F)c2)n1. The number of aromatic amines is 1. The number of amides is 2. The molecule has 4 rings (SSSR count). The molecule has 1 aromatic carbocycles. The minimum Gasteiger partial charge on any atom is -0.352 e.